The maximum atomic E-state index is 6.49. The minimum atomic E-state index is 0.815. The highest BCUT2D eigenvalue weighted by Crippen LogP contribution is 2.47. The first-order valence-corrected chi connectivity index (χ1v) is 17.6. The van der Waals surface area contributed by atoms with Gasteiger partial charge in [-0.05, 0) is 86.6 Å². The number of pyridine rings is 1. The third-order valence-corrected chi connectivity index (χ3v) is 10.1. The molecule has 0 saturated heterocycles. The lowest BCUT2D eigenvalue weighted by Gasteiger charge is -2.28. The normalized spacial score (nSPS) is 11.5. The van der Waals surface area contributed by atoms with Gasteiger partial charge in [0.15, 0.2) is 0 Å². The van der Waals surface area contributed by atoms with Crippen molar-refractivity contribution in [3.05, 3.63) is 194 Å². The van der Waals surface area contributed by atoms with Gasteiger partial charge in [0.2, 0.25) is 0 Å². The average molecular weight is 665 g/mol. The van der Waals surface area contributed by atoms with E-state index in [1.54, 1.807) is 0 Å². The predicted molar refractivity (Wildman–Crippen MR) is 218 cm³/mol. The Labute approximate surface area is 301 Å². The maximum Gasteiger partial charge on any atom is 0.139 e. The van der Waals surface area contributed by atoms with Crippen molar-refractivity contribution < 1.29 is 4.42 Å². The molecule has 0 amide bonds. The third kappa shape index (κ3) is 5.10. The summed E-state index contributed by atoms with van der Waals surface area (Å²) in [6.45, 7) is 0. The molecule has 8 aromatic carbocycles. The van der Waals surface area contributed by atoms with Crippen molar-refractivity contribution in [3.8, 4) is 33.4 Å². The second-order valence-electron chi connectivity index (χ2n) is 13.2. The van der Waals surface area contributed by atoms with Crippen LogP contribution in [-0.2, 0) is 0 Å². The first-order valence-electron chi connectivity index (χ1n) is 17.6. The molecular weight excluding hydrogens is 633 g/mol. The molecule has 3 nitrogen and oxygen atoms in total. The zero-order chi connectivity index (χ0) is 34.4. The van der Waals surface area contributed by atoms with E-state index >= 15 is 0 Å². The summed E-state index contributed by atoms with van der Waals surface area (Å²) in [7, 11) is 0. The molecule has 0 aliphatic heterocycles. The molecule has 3 heteroatoms. The van der Waals surface area contributed by atoms with Crippen LogP contribution in [0.1, 0.15) is 0 Å². The molecule has 244 valence electrons. The summed E-state index contributed by atoms with van der Waals surface area (Å²) in [5, 5.41) is 5.67. The molecule has 0 unspecified atom stereocenters. The summed E-state index contributed by atoms with van der Waals surface area (Å²) in [5.41, 5.74) is 12.9. The second-order valence-corrected chi connectivity index (χ2v) is 13.2. The number of anilines is 3. The standard InChI is InChI=1S/C49H32N2O/c1-2-10-33(11-3-1)34-19-21-35(22-20-34)36-23-27-39(28-24-36)51(40-29-25-38(26-30-40)42-16-8-13-37-12-4-5-14-41(37)42)49-43-17-9-31-50-45(43)32-47-48(49)44-15-6-7-18-46(44)52-47/h1-32H. The van der Waals surface area contributed by atoms with Crippen molar-refractivity contribution in [1.82, 2.24) is 4.98 Å². The first kappa shape index (κ1) is 29.9. The number of para-hydroxylation sites is 1. The van der Waals surface area contributed by atoms with E-state index in [4.69, 9.17) is 9.40 Å². The smallest absolute Gasteiger partial charge is 0.139 e. The minimum absolute atomic E-state index is 0.815. The van der Waals surface area contributed by atoms with Crippen molar-refractivity contribution in [1.29, 1.82) is 0 Å². The molecule has 10 aromatic rings. The van der Waals surface area contributed by atoms with Gasteiger partial charge in [0, 0.05) is 34.4 Å². The lowest BCUT2D eigenvalue weighted by atomic mass is 9.97. The quantitative estimate of drug-likeness (QED) is 0.177. The summed E-state index contributed by atoms with van der Waals surface area (Å²) in [4.78, 5) is 7.18. The molecule has 0 fully saturated rings. The summed E-state index contributed by atoms with van der Waals surface area (Å²) in [6, 6.07) is 66.8. The van der Waals surface area contributed by atoms with Crippen LogP contribution in [0.4, 0.5) is 17.1 Å². The zero-order valence-electron chi connectivity index (χ0n) is 28.3. The predicted octanol–water partition coefficient (Wildman–Crippen LogP) is 13.8. The number of benzene rings is 8. The summed E-state index contributed by atoms with van der Waals surface area (Å²) < 4.78 is 6.49. The number of hydrogen-bond donors (Lipinski definition) is 0. The van der Waals surface area contributed by atoms with Crippen LogP contribution in [0.3, 0.4) is 0 Å². The Morgan fingerprint density at radius 3 is 1.69 bits per heavy atom. The zero-order valence-corrected chi connectivity index (χ0v) is 28.3. The van der Waals surface area contributed by atoms with Gasteiger partial charge in [-0.3, -0.25) is 4.98 Å². The Morgan fingerprint density at radius 1 is 0.404 bits per heavy atom. The lowest BCUT2D eigenvalue weighted by Crippen LogP contribution is -2.11. The van der Waals surface area contributed by atoms with E-state index in [0.29, 0.717) is 0 Å². The Kier molecular flexibility index (Phi) is 7.14. The van der Waals surface area contributed by atoms with Crippen LogP contribution in [0.25, 0.3) is 77.0 Å². The fraction of sp³-hybridized carbons (Fsp3) is 0. The molecule has 0 N–H and O–H groups in total. The van der Waals surface area contributed by atoms with Gasteiger partial charge in [0.1, 0.15) is 11.2 Å². The van der Waals surface area contributed by atoms with Crippen LogP contribution < -0.4 is 4.90 Å². The summed E-state index contributed by atoms with van der Waals surface area (Å²) in [6.07, 6.45) is 1.85. The highest BCUT2D eigenvalue weighted by atomic mass is 16.3. The molecule has 0 saturated carbocycles. The van der Waals surface area contributed by atoms with Gasteiger partial charge in [-0.25, -0.2) is 0 Å². The van der Waals surface area contributed by atoms with Crippen molar-refractivity contribution in [3.63, 3.8) is 0 Å². The fourth-order valence-corrected chi connectivity index (χ4v) is 7.60. The number of hydrogen-bond acceptors (Lipinski definition) is 3. The lowest BCUT2D eigenvalue weighted by molar-refractivity contribution is 0.669. The van der Waals surface area contributed by atoms with Gasteiger partial charge in [0.05, 0.1) is 16.6 Å². The number of fused-ring (bicyclic) bond motifs is 5. The van der Waals surface area contributed by atoms with Crippen LogP contribution in [0.5, 0.6) is 0 Å². The fourth-order valence-electron chi connectivity index (χ4n) is 7.60. The van der Waals surface area contributed by atoms with Gasteiger partial charge in [-0.1, -0.05) is 140 Å². The monoisotopic (exact) mass is 664 g/mol. The first-order chi connectivity index (χ1) is 25.8. The topological polar surface area (TPSA) is 29.3 Å². The molecule has 0 bridgehead atoms. The van der Waals surface area contributed by atoms with Gasteiger partial charge < -0.3 is 9.32 Å². The third-order valence-electron chi connectivity index (χ3n) is 10.1. The Balaban J connectivity index is 1.14. The highest BCUT2D eigenvalue weighted by molar-refractivity contribution is 6.21. The molecule has 2 heterocycles. The molecule has 0 radical (unpaired) electrons. The average Bonchev–Trinajstić information content (AvgIpc) is 3.59. The molecular formula is C49H32N2O. The SMILES string of the molecule is c1ccc(-c2ccc(-c3ccc(N(c4ccc(-c5cccc6ccccc56)cc4)c4c5cccnc5cc5oc6ccccc6c45)cc3)cc2)cc1. The Morgan fingerprint density at radius 2 is 0.962 bits per heavy atom. The summed E-state index contributed by atoms with van der Waals surface area (Å²) in [5.74, 6) is 0. The number of rotatable bonds is 6. The van der Waals surface area contributed by atoms with Crippen LogP contribution in [0.2, 0.25) is 0 Å². The van der Waals surface area contributed by atoms with Gasteiger partial charge in [0.25, 0.3) is 0 Å². The Bertz CT molecular complexity index is 2870. The van der Waals surface area contributed by atoms with E-state index in [1.807, 2.05) is 24.4 Å². The molecule has 10 rings (SSSR count). The number of furan rings is 1. The number of nitrogens with zero attached hydrogens (tertiary/aromatic N) is 2. The highest BCUT2D eigenvalue weighted by Gasteiger charge is 2.23. The van der Waals surface area contributed by atoms with Gasteiger partial charge in [-0.15, -0.1) is 0 Å². The summed E-state index contributed by atoms with van der Waals surface area (Å²) >= 11 is 0. The molecule has 52 heavy (non-hydrogen) atoms. The maximum absolute atomic E-state index is 6.49. The van der Waals surface area contributed by atoms with Gasteiger partial charge >= 0.3 is 0 Å². The van der Waals surface area contributed by atoms with Crippen molar-refractivity contribution in [2.24, 2.45) is 0 Å². The minimum Gasteiger partial charge on any atom is -0.456 e. The molecule has 0 aliphatic carbocycles. The van der Waals surface area contributed by atoms with Crippen LogP contribution in [0.15, 0.2) is 199 Å². The van der Waals surface area contributed by atoms with E-state index in [9.17, 15) is 0 Å². The van der Waals surface area contributed by atoms with Crippen LogP contribution >= 0.6 is 0 Å². The molecule has 0 aliphatic rings. The Hall–Kier alpha value is -6.97. The number of aromatic nitrogens is 1. The van der Waals surface area contributed by atoms with Crippen molar-refractivity contribution >= 4 is 60.7 Å². The molecule has 0 spiro atoms. The van der Waals surface area contributed by atoms with Gasteiger partial charge in [-0.2, -0.15) is 0 Å². The van der Waals surface area contributed by atoms with Crippen LogP contribution in [0, 0.1) is 0 Å². The van der Waals surface area contributed by atoms with Crippen LogP contribution in [-0.4, -0.2) is 4.98 Å². The molecule has 2 aromatic heterocycles. The van der Waals surface area contributed by atoms with Crippen molar-refractivity contribution in [2.75, 3.05) is 4.90 Å². The van der Waals surface area contributed by atoms with E-state index < -0.39 is 0 Å². The van der Waals surface area contributed by atoms with E-state index in [-0.39, 0.29) is 0 Å². The largest absolute Gasteiger partial charge is 0.456 e. The van der Waals surface area contributed by atoms with E-state index in [0.717, 1.165) is 55.5 Å². The van der Waals surface area contributed by atoms with Crippen molar-refractivity contribution in [2.45, 2.75) is 0 Å². The second kappa shape index (κ2) is 12.4. The van der Waals surface area contributed by atoms with E-state index in [2.05, 4.69) is 175 Å². The molecule has 0 atom stereocenters. The van der Waals surface area contributed by atoms with E-state index in [1.165, 1.54) is 38.6 Å².